The molecule has 2 aromatic carbocycles. The third kappa shape index (κ3) is 12.3. The molecule has 0 aliphatic heterocycles. The van der Waals surface area contributed by atoms with E-state index in [0.717, 1.165) is 16.1 Å². The highest BCUT2D eigenvalue weighted by molar-refractivity contribution is 7.09. The number of hydrogen-bond donors (Lipinski definition) is 4. The molecule has 0 aliphatic carbocycles. The van der Waals surface area contributed by atoms with Crippen molar-refractivity contribution in [2.75, 3.05) is 0 Å². The van der Waals surface area contributed by atoms with Crippen LogP contribution in [0.2, 0.25) is 0 Å². The lowest BCUT2D eigenvalue weighted by atomic mass is 9.93. The van der Waals surface area contributed by atoms with Crippen molar-refractivity contribution in [3.05, 3.63) is 106 Å². The number of aromatic nitrogens is 2. The molecule has 0 aliphatic rings. The largest absolute Gasteiger partial charge is 0.443 e. The maximum absolute atomic E-state index is 13.7. The fourth-order valence-corrected chi connectivity index (χ4v) is 5.95. The molecule has 0 radical (unpaired) electrons. The van der Waals surface area contributed by atoms with E-state index in [2.05, 4.69) is 26.1 Å². The maximum Gasteiger partial charge on any atom is 0.408 e. The molecule has 13 heteroatoms. The van der Waals surface area contributed by atoms with Crippen molar-refractivity contribution in [2.45, 2.75) is 90.3 Å². The Balaban J connectivity index is 1.44. The van der Waals surface area contributed by atoms with E-state index in [-0.39, 0.29) is 31.5 Å². The molecular weight excluding hydrogens is 646 g/mol. The number of aliphatic hydroxyl groups excluding tert-OH is 1. The van der Waals surface area contributed by atoms with Crippen molar-refractivity contribution in [2.24, 2.45) is 5.92 Å². The first kappa shape index (κ1) is 37.1. The summed E-state index contributed by atoms with van der Waals surface area (Å²) in [5.41, 5.74) is 2.48. The van der Waals surface area contributed by atoms with Gasteiger partial charge in [0.05, 0.1) is 29.0 Å². The molecule has 4 rings (SSSR count). The van der Waals surface area contributed by atoms with Crippen molar-refractivity contribution >= 4 is 29.4 Å². The van der Waals surface area contributed by atoms with Gasteiger partial charge < -0.3 is 35.1 Å². The molecule has 0 spiro atoms. The molecule has 0 unspecified atom stereocenters. The van der Waals surface area contributed by atoms with E-state index in [1.54, 1.807) is 6.07 Å². The van der Waals surface area contributed by atoms with E-state index in [1.165, 1.54) is 17.5 Å². The Hall–Kier alpha value is -4.75. The van der Waals surface area contributed by atoms with Crippen LogP contribution in [0.3, 0.4) is 0 Å². The number of ether oxygens (including phenoxy) is 2. The zero-order valence-corrected chi connectivity index (χ0v) is 29.0. The molecule has 4 N–H and O–H groups in total. The molecule has 262 valence electrons. The second-order valence-electron chi connectivity index (χ2n) is 12.5. The summed E-state index contributed by atoms with van der Waals surface area (Å²) in [6.45, 7) is 7.58. The fraction of sp³-hybridized carbons (Fsp3) is 0.417. The van der Waals surface area contributed by atoms with E-state index < -0.39 is 42.3 Å². The van der Waals surface area contributed by atoms with Gasteiger partial charge in [-0.05, 0) is 36.3 Å². The molecular formula is C36H45N5O7S. The first-order valence-electron chi connectivity index (χ1n) is 16.3. The van der Waals surface area contributed by atoms with Gasteiger partial charge in [-0.25, -0.2) is 14.6 Å². The average molecular weight is 692 g/mol. The van der Waals surface area contributed by atoms with Crippen molar-refractivity contribution in [1.82, 2.24) is 26.1 Å². The predicted molar refractivity (Wildman–Crippen MR) is 185 cm³/mol. The molecule has 12 nitrogen and oxygen atoms in total. The van der Waals surface area contributed by atoms with E-state index in [4.69, 9.17) is 14.0 Å². The number of thiazole rings is 1. The molecule has 49 heavy (non-hydrogen) atoms. The van der Waals surface area contributed by atoms with Crippen molar-refractivity contribution in [1.29, 1.82) is 0 Å². The number of amides is 3. The van der Waals surface area contributed by atoms with Gasteiger partial charge in [-0.1, -0.05) is 93.5 Å². The van der Waals surface area contributed by atoms with Crippen LogP contribution in [0.5, 0.6) is 0 Å². The SMILES string of the molecule is CC(C)c1nc(COC(=O)N[C@H](C(=O)N[C@@H](Cc2ccccc2)[C@@H](O)C[C@H](Cc2ccccc2)NC(=O)OCc2ccno2)C(C)C)cs1. The molecule has 4 atom stereocenters. The molecule has 2 aromatic heterocycles. The van der Waals surface area contributed by atoms with Gasteiger partial charge in [0.2, 0.25) is 5.91 Å². The second-order valence-corrected chi connectivity index (χ2v) is 13.4. The number of rotatable bonds is 17. The minimum absolute atomic E-state index is 0.0204. The zero-order valence-electron chi connectivity index (χ0n) is 28.2. The van der Waals surface area contributed by atoms with Crippen LogP contribution in [0.4, 0.5) is 9.59 Å². The number of carbonyl (C=O) groups is 3. The van der Waals surface area contributed by atoms with E-state index in [9.17, 15) is 19.5 Å². The molecule has 0 saturated carbocycles. The lowest BCUT2D eigenvalue weighted by Crippen LogP contribution is -2.56. The van der Waals surface area contributed by atoms with Crippen LogP contribution in [0.15, 0.2) is 82.8 Å². The smallest absolute Gasteiger partial charge is 0.408 e. The number of carbonyl (C=O) groups excluding carboxylic acids is 3. The Morgan fingerprint density at radius 2 is 1.47 bits per heavy atom. The number of nitrogens with one attached hydrogen (secondary N) is 3. The van der Waals surface area contributed by atoms with Crippen LogP contribution in [0.1, 0.15) is 67.6 Å². The van der Waals surface area contributed by atoms with Gasteiger partial charge in [-0.15, -0.1) is 11.3 Å². The van der Waals surface area contributed by atoms with Gasteiger partial charge in [0, 0.05) is 23.4 Å². The average Bonchev–Trinajstić information content (AvgIpc) is 3.79. The van der Waals surface area contributed by atoms with E-state index in [0.29, 0.717) is 24.3 Å². The topological polar surface area (TPSA) is 165 Å². The van der Waals surface area contributed by atoms with Gasteiger partial charge in [0.25, 0.3) is 0 Å². The monoisotopic (exact) mass is 691 g/mol. The molecule has 0 saturated heterocycles. The van der Waals surface area contributed by atoms with Crippen LogP contribution >= 0.6 is 11.3 Å². The fourth-order valence-electron chi connectivity index (χ4n) is 5.13. The first-order valence-corrected chi connectivity index (χ1v) is 17.2. The number of aliphatic hydroxyl groups is 1. The van der Waals surface area contributed by atoms with Gasteiger partial charge in [0.15, 0.2) is 12.4 Å². The normalized spacial score (nSPS) is 13.7. The van der Waals surface area contributed by atoms with E-state index >= 15 is 0 Å². The van der Waals surface area contributed by atoms with Crippen LogP contribution < -0.4 is 16.0 Å². The molecule has 2 heterocycles. The number of alkyl carbamates (subject to hydrolysis) is 2. The van der Waals surface area contributed by atoms with Gasteiger partial charge >= 0.3 is 12.2 Å². The lowest BCUT2D eigenvalue weighted by molar-refractivity contribution is -0.125. The second kappa shape index (κ2) is 18.7. The predicted octanol–water partition coefficient (Wildman–Crippen LogP) is 5.52. The summed E-state index contributed by atoms with van der Waals surface area (Å²) in [6.07, 6.45) is -0.262. The third-order valence-electron chi connectivity index (χ3n) is 7.74. The summed E-state index contributed by atoms with van der Waals surface area (Å²) < 4.78 is 15.7. The zero-order chi connectivity index (χ0) is 35.2. The number of nitrogens with zero attached hydrogens (tertiary/aromatic N) is 2. The highest BCUT2D eigenvalue weighted by Crippen LogP contribution is 2.20. The maximum atomic E-state index is 13.7. The van der Waals surface area contributed by atoms with Crippen LogP contribution in [0.25, 0.3) is 0 Å². The molecule has 0 bridgehead atoms. The van der Waals surface area contributed by atoms with Gasteiger partial charge in [-0.3, -0.25) is 4.79 Å². The van der Waals surface area contributed by atoms with Gasteiger partial charge in [-0.2, -0.15) is 0 Å². The Bertz CT molecular complexity index is 1580. The Labute approximate surface area is 290 Å². The van der Waals surface area contributed by atoms with Crippen molar-refractivity contribution in [3.8, 4) is 0 Å². The van der Waals surface area contributed by atoms with Crippen LogP contribution in [0, 0.1) is 5.92 Å². The molecule has 0 fully saturated rings. The minimum atomic E-state index is -1.09. The highest BCUT2D eigenvalue weighted by Gasteiger charge is 2.31. The molecule has 4 aromatic rings. The highest BCUT2D eigenvalue weighted by atomic mass is 32.1. The summed E-state index contributed by atoms with van der Waals surface area (Å²) in [4.78, 5) is 43.8. The summed E-state index contributed by atoms with van der Waals surface area (Å²) in [5.74, 6) is -0.104. The minimum Gasteiger partial charge on any atom is -0.443 e. The van der Waals surface area contributed by atoms with Crippen molar-refractivity contribution < 1.29 is 33.5 Å². The number of hydrogen-bond acceptors (Lipinski definition) is 10. The summed E-state index contributed by atoms with van der Waals surface area (Å²) >= 11 is 1.51. The lowest BCUT2D eigenvalue weighted by Gasteiger charge is -2.30. The van der Waals surface area contributed by atoms with Crippen LogP contribution in [-0.2, 0) is 40.3 Å². The molecule has 3 amide bonds. The summed E-state index contributed by atoms with van der Waals surface area (Å²) in [6, 6.07) is 18.4. The Morgan fingerprint density at radius 1 is 0.837 bits per heavy atom. The quantitative estimate of drug-likeness (QED) is 0.112. The van der Waals surface area contributed by atoms with E-state index in [1.807, 2.05) is 93.7 Å². The first-order chi connectivity index (χ1) is 23.6. The summed E-state index contributed by atoms with van der Waals surface area (Å²) in [7, 11) is 0. The third-order valence-corrected chi connectivity index (χ3v) is 8.93. The van der Waals surface area contributed by atoms with Gasteiger partial charge in [0.1, 0.15) is 12.6 Å². The van der Waals surface area contributed by atoms with Crippen molar-refractivity contribution in [3.63, 3.8) is 0 Å². The van der Waals surface area contributed by atoms with Crippen LogP contribution in [-0.4, -0.2) is 57.6 Å². The standard InChI is InChI=1S/C36H45N5O7S/c1-23(2)32(41-36(45)46-20-28-22-49-34(38-28)24(3)4)33(43)40-30(18-26-13-9-6-10-14-26)31(42)19-27(17-25-11-7-5-8-12-25)39-35(44)47-21-29-15-16-37-48-29/h5-16,22-24,27,30-32,42H,17-21H2,1-4H3,(H,39,44)(H,40,43)(H,41,45)/t27-,30-,31-,32-/m0/s1. The summed E-state index contributed by atoms with van der Waals surface area (Å²) in [5, 5.41) is 26.6. The number of benzene rings is 2. The Morgan fingerprint density at radius 3 is 2.06 bits per heavy atom. The Kier molecular flexibility index (Phi) is 14.2.